The smallest absolute Gasteiger partial charge is 0.511 e. The maximum atomic E-state index is 12.0. The van der Waals surface area contributed by atoms with Crippen LogP contribution in [0.5, 0.6) is 5.75 Å². The van der Waals surface area contributed by atoms with E-state index in [1.807, 2.05) is 0 Å². The number of nitrogens with zero attached hydrogens (tertiary/aromatic N) is 2. The number of nitrogens with one attached hydrogen (secondary N) is 1. The zero-order valence-electron chi connectivity index (χ0n) is 11.4. The molecule has 112 valence electrons. The van der Waals surface area contributed by atoms with E-state index in [2.05, 4.69) is 9.97 Å². The van der Waals surface area contributed by atoms with Gasteiger partial charge in [-0.2, -0.15) is 0 Å². The van der Waals surface area contributed by atoms with Crippen LogP contribution in [0.3, 0.4) is 0 Å². The zero-order chi connectivity index (χ0) is 14.8. The third-order valence-corrected chi connectivity index (χ3v) is 3.63. The van der Waals surface area contributed by atoms with Crippen molar-refractivity contribution in [1.29, 1.82) is 0 Å². The van der Waals surface area contributed by atoms with Crippen molar-refractivity contribution in [1.82, 2.24) is 14.5 Å². The highest BCUT2D eigenvalue weighted by atomic mass is 16.6. The number of imidazole rings is 1. The van der Waals surface area contributed by atoms with E-state index < -0.39 is 7.32 Å². The van der Waals surface area contributed by atoms with Gasteiger partial charge in [-0.25, -0.2) is 9.78 Å². The Hall–Kier alpha value is -1.84. The Morgan fingerprint density at radius 3 is 2.95 bits per heavy atom. The molecule has 0 saturated carbocycles. The molecule has 1 fully saturated rings. The van der Waals surface area contributed by atoms with Crippen molar-refractivity contribution in [2.45, 2.75) is 19.4 Å². The molecule has 1 aliphatic rings. The number of fused-ring (bicyclic) bond motifs is 1. The van der Waals surface area contributed by atoms with Crippen LogP contribution < -0.4 is 10.3 Å². The van der Waals surface area contributed by atoms with Crippen molar-refractivity contribution >= 4 is 18.5 Å². The van der Waals surface area contributed by atoms with E-state index >= 15 is 0 Å². The quantitative estimate of drug-likeness (QED) is 0.656. The van der Waals surface area contributed by atoms with Crippen LogP contribution in [0.15, 0.2) is 17.1 Å². The van der Waals surface area contributed by atoms with Gasteiger partial charge in [0.2, 0.25) is 0 Å². The summed E-state index contributed by atoms with van der Waals surface area (Å²) in [5.41, 5.74) is 0.808. The van der Waals surface area contributed by atoms with Gasteiger partial charge in [0.1, 0.15) is 5.75 Å². The molecule has 0 unspecified atom stereocenters. The molecule has 0 atom stereocenters. The fourth-order valence-corrected chi connectivity index (χ4v) is 2.57. The van der Waals surface area contributed by atoms with Crippen molar-refractivity contribution in [3.05, 3.63) is 22.7 Å². The van der Waals surface area contributed by atoms with Crippen LogP contribution in [0.1, 0.15) is 12.8 Å². The number of hydrogen-bond donors (Lipinski definition) is 3. The van der Waals surface area contributed by atoms with Crippen LogP contribution in [-0.2, 0) is 11.3 Å². The van der Waals surface area contributed by atoms with Gasteiger partial charge in [-0.3, -0.25) is 9.55 Å². The van der Waals surface area contributed by atoms with E-state index in [1.165, 1.54) is 6.20 Å². The van der Waals surface area contributed by atoms with E-state index in [-0.39, 0.29) is 11.4 Å². The average Bonchev–Trinajstić information content (AvgIpc) is 2.76. The summed E-state index contributed by atoms with van der Waals surface area (Å²) >= 11 is 0. The molecule has 2 aromatic heterocycles. The third-order valence-electron chi connectivity index (χ3n) is 3.63. The second-order valence-corrected chi connectivity index (χ2v) is 5.08. The SMILES string of the molecule is O=c1[nH]c2ncc(OB(O)O)cc2n1CC1CCOCC1. The first-order chi connectivity index (χ1) is 10.1. The number of hydrogen-bond acceptors (Lipinski definition) is 6. The van der Waals surface area contributed by atoms with Crippen molar-refractivity contribution in [2.24, 2.45) is 5.92 Å². The average molecular weight is 293 g/mol. The second-order valence-electron chi connectivity index (χ2n) is 5.08. The van der Waals surface area contributed by atoms with Crippen molar-refractivity contribution in [3.63, 3.8) is 0 Å². The normalized spacial score (nSPS) is 16.3. The summed E-state index contributed by atoms with van der Waals surface area (Å²) in [7, 11) is -1.92. The maximum absolute atomic E-state index is 12.0. The van der Waals surface area contributed by atoms with Crippen molar-refractivity contribution in [2.75, 3.05) is 13.2 Å². The van der Waals surface area contributed by atoms with Gasteiger partial charge in [-0.1, -0.05) is 0 Å². The summed E-state index contributed by atoms with van der Waals surface area (Å²) in [6.45, 7) is 2.01. The third kappa shape index (κ3) is 3.09. The van der Waals surface area contributed by atoms with E-state index in [4.69, 9.17) is 19.4 Å². The molecule has 0 aliphatic carbocycles. The van der Waals surface area contributed by atoms with Crippen molar-refractivity contribution in [3.8, 4) is 5.75 Å². The fraction of sp³-hybridized carbons (Fsp3) is 0.500. The topological polar surface area (TPSA) is 110 Å². The fourth-order valence-electron chi connectivity index (χ4n) is 2.57. The summed E-state index contributed by atoms with van der Waals surface area (Å²) in [5.74, 6) is 0.570. The maximum Gasteiger partial charge on any atom is 0.707 e. The minimum absolute atomic E-state index is 0.192. The largest absolute Gasteiger partial charge is 0.707 e. The molecule has 0 spiro atoms. The Morgan fingerprint density at radius 1 is 1.48 bits per heavy atom. The van der Waals surface area contributed by atoms with E-state index in [1.54, 1.807) is 10.6 Å². The highest BCUT2D eigenvalue weighted by Crippen LogP contribution is 2.20. The summed E-state index contributed by atoms with van der Waals surface area (Å²) in [4.78, 5) is 18.8. The summed E-state index contributed by atoms with van der Waals surface area (Å²) in [6, 6.07) is 1.57. The van der Waals surface area contributed by atoms with E-state index in [0.29, 0.717) is 36.8 Å². The number of pyridine rings is 1. The molecule has 8 nitrogen and oxygen atoms in total. The molecule has 1 aliphatic heterocycles. The first-order valence-corrected chi connectivity index (χ1v) is 6.82. The van der Waals surface area contributed by atoms with Gasteiger partial charge >= 0.3 is 13.0 Å². The Morgan fingerprint density at radius 2 is 2.24 bits per heavy atom. The highest BCUT2D eigenvalue weighted by Gasteiger charge is 2.19. The molecule has 0 aromatic carbocycles. The van der Waals surface area contributed by atoms with Gasteiger partial charge in [-0.05, 0) is 18.8 Å². The number of rotatable bonds is 4. The van der Waals surface area contributed by atoms with Crippen LogP contribution in [0.4, 0.5) is 0 Å². The van der Waals surface area contributed by atoms with Crippen LogP contribution in [-0.4, -0.2) is 45.1 Å². The second kappa shape index (κ2) is 5.88. The predicted octanol–water partition coefficient (Wildman–Crippen LogP) is -0.501. The van der Waals surface area contributed by atoms with Gasteiger partial charge in [0.25, 0.3) is 0 Å². The molecule has 3 heterocycles. The lowest BCUT2D eigenvalue weighted by Gasteiger charge is -2.22. The minimum Gasteiger partial charge on any atom is -0.511 e. The first kappa shape index (κ1) is 14.1. The lowest BCUT2D eigenvalue weighted by Crippen LogP contribution is -2.26. The van der Waals surface area contributed by atoms with Crippen LogP contribution >= 0.6 is 0 Å². The van der Waals surface area contributed by atoms with E-state index in [9.17, 15) is 4.79 Å². The van der Waals surface area contributed by atoms with Crippen LogP contribution in [0.2, 0.25) is 0 Å². The Balaban J connectivity index is 1.92. The van der Waals surface area contributed by atoms with Gasteiger partial charge < -0.3 is 19.4 Å². The molecule has 0 amide bonds. The van der Waals surface area contributed by atoms with E-state index in [0.717, 1.165) is 12.8 Å². The number of aromatic nitrogens is 3. The van der Waals surface area contributed by atoms with Gasteiger partial charge in [-0.15, -0.1) is 0 Å². The Kier molecular flexibility index (Phi) is 3.95. The molecular weight excluding hydrogens is 277 g/mol. The standard InChI is InChI=1S/C12H16BN3O5/c17-12-15-11-10(5-9(6-14-11)21-13(18)19)16(12)7-8-1-3-20-4-2-8/h5-6,8,18-19H,1-4,7H2,(H,14,15,17). The number of aromatic amines is 1. The van der Waals surface area contributed by atoms with Crippen LogP contribution in [0, 0.1) is 5.92 Å². The lowest BCUT2D eigenvalue weighted by atomic mass is 10.0. The summed E-state index contributed by atoms with van der Waals surface area (Å²) in [5, 5.41) is 17.7. The predicted molar refractivity (Wildman–Crippen MR) is 74.7 cm³/mol. The first-order valence-electron chi connectivity index (χ1n) is 6.82. The van der Waals surface area contributed by atoms with Gasteiger partial charge in [0.05, 0.1) is 11.7 Å². The minimum atomic E-state index is -1.92. The van der Waals surface area contributed by atoms with Gasteiger partial charge in [0.15, 0.2) is 5.65 Å². The molecule has 0 radical (unpaired) electrons. The molecule has 1 saturated heterocycles. The molecule has 9 heteroatoms. The zero-order valence-corrected chi connectivity index (χ0v) is 11.4. The van der Waals surface area contributed by atoms with Crippen molar-refractivity contribution < 1.29 is 19.4 Å². The highest BCUT2D eigenvalue weighted by molar-refractivity contribution is 6.33. The Bertz CT molecular complexity index is 677. The molecule has 0 bridgehead atoms. The van der Waals surface area contributed by atoms with Gasteiger partial charge in [0, 0.05) is 25.8 Å². The number of H-pyrrole nitrogens is 1. The van der Waals surface area contributed by atoms with Crippen LogP contribution in [0.25, 0.3) is 11.2 Å². The summed E-state index contributed by atoms with van der Waals surface area (Å²) < 4.78 is 11.7. The lowest BCUT2D eigenvalue weighted by molar-refractivity contribution is 0.0613. The molecule has 3 N–H and O–H groups in total. The molecular formula is C12H16BN3O5. The molecule has 21 heavy (non-hydrogen) atoms. The molecule has 2 aromatic rings. The monoisotopic (exact) mass is 293 g/mol. The Labute approximate surface area is 120 Å². The number of ether oxygens (including phenoxy) is 1. The summed E-state index contributed by atoms with van der Waals surface area (Å²) in [6.07, 6.45) is 3.16. The molecule has 3 rings (SSSR count).